The van der Waals surface area contributed by atoms with Gasteiger partial charge in [0.2, 0.25) is 0 Å². The number of benzene rings is 2. The van der Waals surface area contributed by atoms with Crippen LogP contribution in [0.1, 0.15) is 40.7 Å². The zero-order valence-electron chi connectivity index (χ0n) is 15.5. The second kappa shape index (κ2) is 8.16. The Hall–Kier alpha value is -2.64. The zero-order valence-corrected chi connectivity index (χ0v) is 15.5. The lowest BCUT2D eigenvalue weighted by atomic mass is 9.98. The van der Waals surface area contributed by atoms with Gasteiger partial charge in [-0.15, -0.1) is 0 Å². The number of nitrogens with one attached hydrogen (secondary N) is 1. The first-order valence-electron chi connectivity index (χ1n) is 9.18. The highest BCUT2D eigenvalue weighted by Gasteiger charge is 2.20. The van der Waals surface area contributed by atoms with Gasteiger partial charge in [0.1, 0.15) is 0 Å². The Balaban J connectivity index is 1.60. The molecule has 1 amide bonds. The summed E-state index contributed by atoms with van der Waals surface area (Å²) in [6.07, 6.45) is 3.49. The molecular weight excluding hydrogens is 322 g/mol. The third-order valence-corrected chi connectivity index (χ3v) is 5.25. The van der Waals surface area contributed by atoms with Crippen LogP contribution in [-0.2, 0) is 0 Å². The fourth-order valence-corrected chi connectivity index (χ4v) is 3.66. The Morgan fingerprint density at radius 2 is 2.04 bits per heavy atom. The molecular formula is C22H25N3O. The number of carbonyl (C=O) groups excluding carboxylic acids is 1. The first-order chi connectivity index (χ1) is 12.6. The summed E-state index contributed by atoms with van der Waals surface area (Å²) in [4.78, 5) is 14.7. The molecule has 2 aromatic carbocycles. The molecule has 1 N–H and O–H groups in total. The van der Waals surface area contributed by atoms with Crippen molar-refractivity contribution in [3.63, 3.8) is 0 Å². The van der Waals surface area contributed by atoms with E-state index >= 15 is 0 Å². The van der Waals surface area contributed by atoms with E-state index in [0.29, 0.717) is 23.7 Å². The molecule has 1 saturated heterocycles. The first-order valence-corrected chi connectivity index (χ1v) is 9.18. The monoisotopic (exact) mass is 347 g/mol. The highest BCUT2D eigenvalue weighted by Crippen LogP contribution is 2.24. The number of hydrogen-bond acceptors (Lipinski definition) is 3. The molecule has 2 aromatic rings. The molecule has 1 aliphatic rings. The summed E-state index contributed by atoms with van der Waals surface area (Å²) in [6.45, 7) is 3.87. The van der Waals surface area contributed by atoms with Gasteiger partial charge in [0.25, 0.3) is 5.91 Å². The second-order valence-corrected chi connectivity index (χ2v) is 7.04. The standard InChI is InChI=1S/C22H25N3O/c1-16-14-17(15-23)5-10-21(16)18-6-8-19(9-7-18)22(26)24-12-11-20-4-3-13-25(20)2/h5-10,14,20H,3-4,11-13H2,1-2H3,(H,24,26)/t20-/m0/s1. The molecule has 1 fully saturated rings. The molecule has 0 saturated carbocycles. The first kappa shape index (κ1) is 18.2. The van der Waals surface area contributed by atoms with Crippen molar-refractivity contribution in [3.05, 3.63) is 59.2 Å². The van der Waals surface area contributed by atoms with Gasteiger partial charge in [-0.25, -0.2) is 0 Å². The molecule has 4 nitrogen and oxygen atoms in total. The van der Waals surface area contributed by atoms with Crippen molar-refractivity contribution in [2.75, 3.05) is 20.1 Å². The molecule has 0 radical (unpaired) electrons. The molecule has 1 atom stereocenters. The van der Waals surface area contributed by atoms with Crippen LogP contribution in [0, 0.1) is 18.3 Å². The molecule has 0 aliphatic carbocycles. The van der Waals surface area contributed by atoms with Crippen molar-refractivity contribution >= 4 is 5.91 Å². The second-order valence-electron chi connectivity index (χ2n) is 7.04. The topological polar surface area (TPSA) is 56.1 Å². The molecule has 0 unspecified atom stereocenters. The fraction of sp³-hybridized carbons (Fsp3) is 0.364. The quantitative estimate of drug-likeness (QED) is 0.896. The lowest BCUT2D eigenvalue weighted by Gasteiger charge is -2.19. The van der Waals surface area contributed by atoms with E-state index in [1.54, 1.807) is 0 Å². The van der Waals surface area contributed by atoms with Crippen LogP contribution in [0.2, 0.25) is 0 Å². The average molecular weight is 347 g/mol. The van der Waals surface area contributed by atoms with E-state index in [-0.39, 0.29) is 5.91 Å². The number of aryl methyl sites for hydroxylation is 1. The van der Waals surface area contributed by atoms with Crippen molar-refractivity contribution in [2.45, 2.75) is 32.2 Å². The minimum atomic E-state index is -0.0197. The predicted molar refractivity (Wildman–Crippen MR) is 104 cm³/mol. The van der Waals surface area contributed by atoms with Crippen LogP contribution >= 0.6 is 0 Å². The van der Waals surface area contributed by atoms with Crippen molar-refractivity contribution in [1.29, 1.82) is 5.26 Å². The maximum Gasteiger partial charge on any atom is 0.251 e. The van der Waals surface area contributed by atoms with Gasteiger partial charge in [-0.1, -0.05) is 18.2 Å². The lowest BCUT2D eigenvalue weighted by molar-refractivity contribution is 0.0950. The minimum Gasteiger partial charge on any atom is -0.352 e. The molecule has 0 aromatic heterocycles. The van der Waals surface area contributed by atoms with Crippen molar-refractivity contribution in [2.24, 2.45) is 0 Å². The molecule has 1 aliphatic heterocycles. The Kier molecular flexibility index (Phi) is 5.70. The van der Waals surface area contributed by atoms with Crippen molar-refractivity contribution < 1.29 is 4.79 Å². The smallest absolute Gasteiger partial charge is 0.251 e. The van der Waals surface area contributed by atoms with Gasteiger partial charge in [0.05, 0.1) is 11.6 Å². The number of likely N-dealkylation sites (tertiary alicyclic amines) is 1. The Morgan fingerprint density at radius 1 is 1.27 bits per heavy atom. The van der Waals surface area contributed by atoms with Crippen LogP contribution in [0.25, 0.3) is 11.1 Å². The fourth-order valence-electron chi connectivity index (χ4n) is 3.66. The Morgan fingerprint density at radius 3 is 2.65 bits per heavy atom. The predicted octanol–water partition coefficient (Wildman–Crippen LogP) is 3.75. The minimum absolute atomic E-state index is 0.0197. The van der Waals surface area contributed by atoms with Gasteiger partial charge in [-0.05, 0) is 80.7 Å². The third-order valence-electron chi connectivity index (χ3n) is 5.25. The van der Waals surface area contributed by atoms with E-state index < -0.39 is 0 Å². The van der Waals surface area contributed by atoms with Gasteiger partial charge in [-0.3, -0.25) is 4.79 Å². The van der Waals surface area contributed by atoms with E-state index in [9.17, 15) is 4.79 Å². The van der Waals surface area contributed by atoms with Gasteiger partial charge < -0.3 is 10.2 Å². The number of nitriles is 1. The summed E-state index contributed by atoms with van der Waals surface area (Å²) in [5.41, 5.74) is 4.54. The Bertz CT molecular complexity index is 820. The maximum absolute atomic E-state index is 12.3. The largest absolute Gasteiger partial charge is 0.352 e. The van der Waals surface area contributed by atoms with Gasteiger partial charge in [-0.2, -0.15) is 5.26 Å². The maximum atomic E-state index is 12.3. The van der Waals surface area contributed by atoms with E-state index in [1.807, 2.05) is 49.4 Å². The van der Waals surface area contributed by atoms with E-state index in [0.717, 1.165) is 29.7 Å². The van der Waals surface area contributed by atoms with E-state index in [4.69, 9.17) is 5.26 Å². The number of rotatable bonds is 5. The van der Waals surface area contributed by atoms with Gasteiger partial charge in [0, 0.05) is 18.2 Å². The van der Waals surface area contributed by atoms with Crippen LogP contribution in [0.4, 0.5) is 0 Å². The zero-order chi connectivity index (χ0) is 18.5. The molecule has 4 heteroatoms. The molecule has 26 heavy (non-hydrogen) atoms. The third kappa shape index (κ3) is 4.12. The van der Waals surface area contributed by atoms with Crippen LogP contribution in [0.3, 0.4) is 0 Å². The molecule has 1 heterocycles. The van der Waals surface area contributed by atoms with Gasteiger partial charge >= 0.3 is 0 Å². The van der Waals surface area contributed by atoms with E-state index in [1.165, 1.54) is 12.8 Å². The summed E-state index contributed by atoms with van der Waals surface area (Å²) in [5.74, 6) is -0.0197. The molecule has 134 valence electrons. The normalized spacial score (nSPS) is 17.0. The molecule has 3 rings (SSSR count). The highest BCUT2D eigenvalue weighted by atomic mass is 16.1. The van der Waals surface area contributed by atoms with Gasteiger partial charge in [0.15, 0.2) is 0 Å². The van der Waals surface area contributed by atoms with Crippen LogP contribution in [-0.4, -0.2) is 37.0 Å². The Labute approximate surface area is 155 Å². The van der Waals surface area contributed by atoms with Crippen LogP contribution in [0.5, 0.6) is 0 Å². The highest BCUT2D eigenvalue weighted by molar-refractivity contribution is 5.94. The number of amides is 1. The summed E-state index contributed by atoms with van der Waals surface area (Å²) in [5, 5.41) is 12.0. The number of carbonyl (C=O) groups is 1. The lowest BCUT2D eigenvalue weighted by Crippen LogP contribution is -2.31. The summed E-state index contributed by atoms with van der Waals surface area (Å²) in [6, 6.07) is 16.1. The number of nitrogens with zero attached hydrogens (tertiary/aromatic N) is 2. The molecule has 0 bridgehead atoms. The summed E-state index contributed by atoms with van der Waals surface area (Å²) in [7, 11) is 2.16. The van der Waals surface area contributed by atoms with Crippen LogP contribution in [0.15, 0.2) is 42.5 Å². The number of hydrogen-bond donors (Lipinski definition) is 1. The molecule has 0 spiro atoms. The SMILES string of the molecule is Cc1cc(C#N)ccc1-c1ccc(C(=O)NCC[C@@H]2CCCN2C)cc1. The van der Waals surface area contributed by atoms with E-state index in [2.05, 4.69) is 23.3 Å². The summed E-state index contributed by atoms with van der Waals surface area (Å²) >= 11 is 0. The van der Waals surface area contributed by atoms with Crippen molar-refractivity contribution in [3.8, 4) is 17.2 Å². The van der Waals surface area contributed by atoms with Crippen molar-refractivity contribution in [1.82, 2.24) is 10.2 Å². The summed E-state index contributed by atoms with van der Waals surface area (Å²) < 4.78 is 0. The van der Waals surface area contributed by atoms with Crippen LogP contribution < -0.4 is 5.32 Å². The average Bonchev–Trinajstić information content (AvgIpc) is 3.06.